The van der Waals surface area contributed by atoms with Crippen molar-refractivity contribution in [2.24, 2.45) is 0 Å². The molecule has 0 amide bonds. The second kappa shape index (κ2) is 9.73. The zero-order valence-corrected chi connectivity index (χ0v) is 17.8. The van der Waals surface area contributed by atoms with E-state index in [4.69, 9.17) is 23.8 Å². The lowest BCUT2D eigenvalue weighted by atomic mass is 10.1. The van der Waals surface area contributed by atoms with Crippen molar-refractivity contribution >= 4 is 50.3 Å². The van der Waals surface area contributed by atoms with E-state index >= 15 is 0 Å². The summed E-state index contributed by atoms with van der Waals surface area (Å²) in [7, 11) is -3.71. The van der Waals surface area contributed by atoms with Gasteiger partial charge < -0.3 is 10.6 Å². The largest absolute Gasteiger partial charge is 0.362 e. The summed E-state index contributed by atoms with van der Waals surface area (Å²) in [6, 6.07) is 23.0. The van der Waals surface area contributed by atoms with Gasteiger partial charge in [-0.2, -0.15) is 0 Å². The number of hydrogen-bond acceptors (Lipinski definition) is 3. The van der Waals surface area contributed by atoms with Crippen LogP contribution in [0.4, 0.5) is 11.4 Å². The molecule has 0 bridgehead atoms. The van der Waals surface area contributed by atoms with Crippen LogP contribution >= 0.6 is 23.8 Å². The number of hydrogen-bond donors (Lipinski definition) is 3. The van der Waals surface area contributed by atoms with E-state index in [-0.39, 0.29) is 4.90 Å². The van der Waals surface area contributed by atoms with E-state index < -0.39 is 10.0 Å². The highest BCUT2D eigenvalue weighted by atomic mass is 35.5. The topological polar surface area (TPSA) is 70.2 Å². The summed E-state index contributed by atoms with van der Waals surface area (Å²) < 4.78 is 27.5. The predicted molar refractivity (Wildman–Crippen MR) is 123 cm³/mol. The number of rotatable bonds is 7. The Morgan fingerprint density at radius 1 is 0.897 bits per heavy atom. The van der Waals surface area contributed by atoms with Crippen LogP contribution in [0, 0.1) is 0 Å². The van der Waals surface area contributed by atoms with Crippen LogP contribution in [0.5, 0.6) is 0 Å². The van der Waals surface area contributed by atoms with Gasteiger partial charge in [-0.05, 0) is 66.7 Å². The first-order valence-electron chi connectivity index (χ1n) is 8.90. The third-order valence-corrected chi connectivity index (χ3v) is 5.92. The second-order valence-electron chi connectivity index (χ2n) is 6.26. The van der Waals surface area contributed by atoms with Gasteiger partial charge in [0.1, 0.15) is 0 Å². The van der Waals surface area contributed by atoms with Gasteiger partial charge in [0, 0.05) is 17.3 Å². The van der Waals surface area contributed by atoms with Gasteiger partial charge in [-0.15, -0.1) is 0 Å². The van der Waals surface area contributed by atoms with Crippen molar-refractivity contribution in [1.82, 2.24) is 5.32 Å². The lowest BCUT2D eigenvalue weighted by Gasteiger charge is -2.12. The Labute approximate surface area is 181 Å². The molecule has 8 heteroatoms. The van der Waals surface area contributed by atoms with Crippen molar-refractivity contribution in [2.75, 3.05) is 16.6 Å². The van der Waals surface area contributed by atoms with Crippen molar-refractivity contribution in [2.45, 2.75) is 11.3 Å². The molecule has 3 aromatic rings. The summed E-state index contributed by atoms with van der Waals surface area (Å²) >= 11 is 11.2. The molecule has 0 radical (unpaired) electrons. The summed E-state index contributed by atoms with van der Waals surface area (Å²) in [6.45, 7) is 0.700. The minimum atomic E-state index is -3.71. The summed E-state index contributed by atoms with van der Waals surface area (Å²) in [5, 5.41) is 7.13. The zero-order chi connectivity index (χ0) is 20.7. The SMILES string of the molecule is O=S(=O)(Nc1cccc(Cl)c1)c1ccc(NC(=S)NCCc2ccccc2)cc1. The molecule has 3 N–H and O–H groups in total. The van der Waals surface area contributed by atoms with Crippen molar-refractivity contribution in [1.29, 1.82) is 0 Å². The van der Waals surface area contributed by atoms with Crippen LogP contribution in [0.3, 0.4) is 0 Å². The van der Waals surface area contributed by atoms with Crippen LogP contribution < -0.4 is 15.4 Å². The fourth-order valence-corrected chi connectivity index (χ4v) is 4.08. The quantitative estimate of drug-likeness (QED) is 0.461. The molecule has 3 aromatic carbocycles. The Balaban J connectivity index is 1.54. The van der Waals surface area contributed by atoms with Gasteiger partial charge in [-0.1, -0.05) is 48.0 Å². The van der Waals surface area contributed by atoms with Crippen molar-refractivity contribution in [3.63, 3.8) is 0 Å². The van der Waals surface area contributed by atoms with Gasteiger partial charge in [-0.25, -0.2) is 8.42 Å². The summed E-state index contributed by atoms with van der Waals surface area (Å²) in [5.74, 6) is 0. The molecule has 0 saturated carbocycles. The maximum Gasteiger partial charge on any atom is 0.261 e. The molecule has 0 unspecified atom stereocenters. The molecule has 0 aromatic heterocycles. The van der Waals surface area contributed by atoms with E-state index in [2.05, 4.69) is 27.5 Å². The summed E-state index contributed by atoms with van der Waals surface area (Å²) in [4.78, 5) is 0.144. The van der Waals surface area contributed by atoms with Crippen LogP contribution in [0.15, 0.2) is 83.8 Å². The van der Waals surface area contributed by atoms with E-state index in [1.165, 1.54) is 17.7 Å². The minimum Gasteiger partial charge on any atom is -0.362 e. The average Bonchev–Trinajstić information content (AvgIpc) is 2.69. The molecular weight excluding hydrogens is 426 g/mol. The third-order valence-electron chi connectivity index (χ3n) is 4.04. The van der Waals surface area contributed by atoms with Crippen LogP contribution in [0.2, 0.25) is 5.02 Å². The molecule has 0 aliphatic rings. The normalized spacial score (nSPS) is 10.9. The molecule has 0 saturated heterocycles. The molecule has 0 aliphatic carbocycles. The molecule has 5 nitrogen and oxygen atoms in total. The summed E-state index contributed by atoms with van der Waals surface area (Å²) in [6.07, 6.45) is 0.856. The molecule has 0 spiro atoms. The highest BCUT2D eigenvalue weighted by Crippen LogP contribution is 2.20. The molecule has 3 rings (SSSR count). The van der Waals surface area contributed by atoms with E-state index in [1.807, 2.05) is 18.2 Å². The predicted octanol–water partition coefficient (Wildman–Crippen LogP) is 4.67. The van der Waals surface area contributed by atoms with Crippen LogP contribution in [0.1, 0.15) is 5.56 Å². The average molecular weight is 446 g/mol. The van der Waals surface area contributed by atoms with Crippen LogP contribution in [-0.2, 0) is 16.4 Å². The maximum atomic E-state index is 12.5. The Morgan fingerprint density at radius 3 is 2.31 bits per heavy atom. The van der Waals surface area contributed by atoms with Crippen molar-refractivity contribution in [3.8, 4) is 0 Å². The number of sulfonamides is 1. The second-order valence-corrected chi connectivity index (χ2v) is 8.78. The number of thiocarbonyl (C=S) groups is 1. The van der Waals surface area contributed by atoms with Crippen LogP contribution in [-0.4, -0.2) is 20.1 Å². The lowest BCUT2D eigenvalue weighted by molar-refractivity contribution is 0.601. The Bertz CT molecular complexity index is 1070. The Morgan fingerprint density at radius 2 is 1.62 bits per heavy atom. The van der Waals surface area contributed by atoms with Gasteiger partial charge in [0.15, 0.2) is 5.11 Å². The van der Waals surface area contributed by atoms with E-state index in [1.54, 1.807) is 36.4 Å². The zero-order valence-electron chi connectivity index (χ0n) is 15.4. The molecule has 0 heterocycles. The third kappa shape index (κ3) is 6.45. The first-order chi connectivity index (χ1) is 13.9. The molecule has 29 heavy (non-hydrogen) atoms. The van der Waals surface area contributed by atoms with E-state index in [9.17, 15) is 8.42 Å². The van der Waals surface area contributed by atoms with Gasteiger partial charge >= 0.3 is 0 Å². The first kappa shape index (κ1) is 21.1. The maximum absolute atomic E-state index is 12.5. The standard InChI is InChI=1S/C21H20ClN3O2S2/c22-17-7-4-8-19(15-17)25-29(26,27)20-11-9-18(10-12-20)24-21(28)23-14-13-16-5-2-1-3-6-16/h1-12,15,25H,13-14H2,(H2,23,24,28). The number of anilines is 2. The van der Waals surface area contributed by atoms with Crippen LogP contribution in [0.25, 0.3) is 0 Å². The molecule has 0 atom stereocenters. The highest BCUT2D eigenvalue weighted by molar-refractivity contribution is 7.92. The first-order valence-corrected chi connectivity index (χ1v) is 11.2. The van der Waals surface area contributed by atoms with Crippen molar-refractivity contribution in [3.05, 3.63) is 89.4 Å². The lowest BCUT2D eigenvalue weighted by Crippen LogP contribution is -2.30. The monoisotopic (exact) mass is 445 g/mol. The summed E-state index contributed by atoms with van der Waals surface area (Å²) in [5.41, 5.74) is 2.33. The van der Waals surface area contributed by atoms with Crippen molar-refractivity contribution < 1.29 is 8.42 Å². The highest BCUT2D eigenvalue weighted by Gasteiger charge is 2.14. The van der Waals surface area contributed by atoms with E-state index in [0.29, 0.717) is 28.1 Å². The Kier molecular flexibility index (Phi) is 7.09. The minimum absolute atomic E-state index is 0.144. The smallest absolute Gasteiger partial charge is 0.261 e. The van der Waals surface area contributed by atoms with Gasteiger partial charge in [0.2, 0.25) is 0 Å². The Hall–Kier alpha value is -2.61. The van der Waals surface area contributed by atoms with Gasteiger partial charge in [-0.3, -0.25) is 4.72 Å². The fourth-order valence-electron chi connectivity index (χ4n) is 2.62. The van der Waals surface area contributed by atoms with E-state index in [0.717, 1.165) is 6.42 Å². The van der Waals surface area contributed by atoms with Gasteiger partial charge in [0.25, 0.3) is 10.0 Å². The fraction of sp³-hybridized carbons (Fsp3) is 0.0952. The molecular formula is C21H20ClN3O2S2. The molecule has 150 valence electrons. The number of halogens is 1. The number of benzene rings is 3. The molecule has 0 aliphatic heterocycles. The number of nitrogens with one attached hydrogen (secondary N) is 3. The van der Waals surface area contributed by atoms with Gasteiger partial charge in [0.05, 0.1) is 10.6 Å². The molecule has 0 fully saturated rings.